The Labute approximate surface area is 150 Å². The number of amides is 3. The second-order valence-electron chi connectivity index (χ2n) is 7.59. The van der Waals surface area contributed by atoms with Crippen molar-refractivity contribution in [2.45, 2.75) is 71.3 Å². The maximum absolute atomic E-state index is 11.8. The van der Waals surface area contributed by atoms with E-state index < -0.39 is 11.7 Å². The average Bonchev–Trinajstić information content (AvgIpc) is 2.51. The molecule has 1 aliphatic rings. The summed E-state index contributed by atoms with van der Waals surface area (Å²) in [6, 6.07) is 0. The second kappa shape index (κ2) is 10.9. The van der Waals surface area contributed by atoms with Crippen molar-refractivity contribution in [3.8, 4) is 0 Å². The van der Waals surface area contributed by atoms with Crippen LogP contribution in [0.15, 0.2) is 0 Å². The molecule has 3 amide bonds. The molecule has 144 valence electrons. The second-order valence-corrected chi connectivity index (χ2v) is 7.59. The zero-order valence-corrected chi connectivity index (χ0v) is 15.8. The highest BCUT2D eigenvalue weighted by molar-refractivity contribution is 5.77. The minimum absolute atomic E-state index is 0.0627. The number of alkyl carbamates (subject to hydrolysis) is 1. The summed E-state index contributed by atoms with van der Waals surface area (Å²) in [6.45, 7) is 6.37. The summed E-state index contributed by atoms with van der Waals surface area (Å²) in [6.07, 6.45) is 6.27. The fourth-order valence-corrected chi connectivity index (χ4v) is 2.81. The molecule has 0 atom stereocenters. The van der Waals surface area contributed by atoms with Gasteiger partial charge in [0.2, 0.25) is 11.8 Å². The van der Waals surface area contributed by atoms with Crippen LogP contribution in [0.4, 0.5) is 4.79 Å². The Kier molecular flexibility index (Phi) is 9.31. The zero-order valence-electron chi connectivity index (χ0n) is 15.8. The largest absolute Gasteiger partial charge is 0.444 e. The molecule has 0 spiro atoms. The van der Waals surface area contributed by atoms with Crippen LogP contribution in [0, 0.1) is 5.92 Å². The lowest BCUT2D eigenvalue weighted by Gasteiger charge is -2.20. The molecule has 7 heteroatoms. The molecule has 1 aliphatic carbocycles. The molecule has 0 unspecified atom stereocenters. The van der Waals surface area contributed by atoms with Crippen LogP contribution >= 0.6 is 0 Å². The molecule has 7 nitrogen and oxygen atoms in total. The Balaban J connectivity index is 2.01. The molecule has 0 bridgehead atoms. The number of ether oxygens (including phenoxy) is 1. The minimum Gasteiger partial charge on any atom is -0.444 e. The van der Waals surface area contributed by atoms with Crippen molar-refractivity contribution in [3.63, 3.8) is 0 Å². The minimum atomic E-state index is -0.553. The first-order valence-electron chi connectivity index (χ1n) is 9.26. The SMILES string of the molecule is CC(C)(C)OC(=O)NCCC(=O)NCCNC(=O)CC1CCCCC1. The Morgan fingerprint density at radius 3 is 2.08 bits per heavy atom. The third-order valence-corrected chi connectivity index (χ3v) is 3.99. The highest BCUT2D eigenvalue weighted by atomic mass is 16.6. The summed E-state index contributed by atoms with van der Waals surface area (Å²) >= 11 is 0. The molecule has 1 rings (SSSR count). The number of hydrogen-bond donors (Lipinski definition) is 3. The van der Waals surface area contributed by atoms with E-state index in [1.165, 1.54) is 19.3 Å². The van der Waals surface area contributed by atoms with Crippen LogP contribution in [0.5, 0.6) is 0 Å². The van der Waals surface area contributed by atoms with E-state index in [0.29, 0.717) is 25.4 Å². The summed E-state index contributed by atoms with van der Waals surface area (Å²) in [4.78, 5) is 34.9. The highest BCUT2D eigenvalue weighted by Crippen LogP contribution is 2.25. The molecule has 0 aromatic rings. The van der Waals surface area contributed by atoms with Gasteiger partial charge < -0.3 is 20.7 Å². The highest BCUT2D eigenvalue weighted by Gasteiger charge is 2.17. The van der Waals surface area contributed by atoms with E-state index in [2.05, 4.69) is 16.0 Å². The third-order valence-electron chi connectivity index (χ3n) is 3.99. The van der Waals surface area contributed by atoms with Gasteiger partial charge >= 0.3 is 6.09 Å². The summed E-state index contributed by atoms with van der Waals surface area (Å²) < 4.78 is 5.08. The topological polar surface area (TPSA) is 96.5 Å². The summed E-state index contributed by atoms with van der Waals surface area (Å²) in [5, 5.41) is 8.09. The first-order chi connectivity index (χ1) is 11.8. The van der Waals surface area contributed by atoms with E-state index >= 15 is 0 Å². The van der Waals surface area contributed by atoms with Gasteiger partial charge in [-0.25, -0.2) is 4.79 Å². The van der Waals surface area contributed by atoms with Gasteiger partial charge in [0.15, 0.2) is 0 Å². The molecule has 0 aromatic heterocycles. The van der Waals surface area contributed by atoms with Crippen LogP contribution in [0.1, 0.15) is 65.7 Å². The lowest BCUT2D eigenvalue weighted by molar-refractivity contribution is -0.123. The molecule has 3 N–H and O–H groups in total. The van der Waals surface area contributed by atoms with Crippen molar-refractivity contribution in [3.05, 3.63) is 0 Å². The molecule has 0 radical (unpaired) electrons. The van der Waals surface area contributed by atoms with Gasteiger partial charge in [0.1, 0.15) is 5.60 Å². The molecule has 0 heterocycles. The van der Waals surface area contributed by atoms with Crippen LogP contribution in [0.2, 0.25) is 0 Å². The first kappa shape index (κ1) is 21.3. The monoisotopic (exact) mass is 355 g/mol. The summed E-state index contributed by atoms with van der Waals surface area (Å²) in [7, 11) is 0. The first-order valence-corrected chi connectivity index (χ1v) is 9.26. The number of hydrogen-bond acceptors (Lipinski definition) is 4. The van der Waals surface area contributed by atoms with E-state index in [1.807, 2.05) is 0 Å². The Morgan fingerprint density at radius 2 is 1.48 bits per heavy atom. The van der Waals surface area contributed by atoms with Crippen LogP contribution in [0.3, 0.4) is 0 Å². The third kappa shape index (κ3) is 11.4. The Hall–Kier alpha value is -1.79. The molecular weight excluding hydrogens is 322 g/mol. The molecule has 0 aliphatic heterocycles. The lowest BCUT2D eigenvalue weighted by atomic mass is 9.87. The van der Waals surface area contributed by atoms with Crippen LogP contribution < -0.4 is 16.0 Å². The number of carbonyl (C=O) groups excluding carboxylic acids is 3. The maximum atomic E-state index is 11.8. The van der Waals surface area contributed by atoms with Crippen molar-refractivity contribution < 1.29 is 19.1 Å². The molecule has 1 fully saturated rings. The van der Waals surface area contributed by atoms with Crippen LogP contribution in [-0.2, 0) is 14.3 Å². The predicted octanol–water partition coefficient (Wildman–Crippen LogP) is 2.10. The van der Waals surface area contributed by atoms with E-state index in [0.717, 1.165) is 12.8 Å². The standard InChI is InChI=1S/C18H33N3O4/c1-18(2,3)25-17(24)21-10-9-15(22)19-11-12-20-16(23)13-14-7-5-4-6-8-14/h14H,4-13H2,1-3H3,(H,19,22)(H,20,23)(H,21,24). The smallest absolute Gasteiger partial charge is 0.407 e. The summed E-state index contributed by atoms with van der Waals surface area (Å²) in [5.41, 5.74) is -0.553. The van der Waals surface area contributed by atoms with Crippen molar-refractivity contribution >= 4 is 17.9 Å². The van der Waals surface area contributed by atoms with Gasteiger partial charge in [0.25, 0.3) is 0 Å². The fraction of sp³-hybridized carbons (Fsp3) is 0.833. The molecule has 0 aromatic carbocycles. The van der Waals surface area contributed by atoms with Gasteiger partial charge in [-0.3, -0.25) is 9.59 Å². The normalized spacial score (nSPS) is 15.3. The van der Waals surface area contributed by atoms with Gasteiger partial charge in [-0.05, 0) is 39.5 Å². The predicted molar refractivity (Wildman–Crippen MR) is 96.1 cm³/mol. The maximum Gasteiger partial charge on any atom is 0.407 e. The van der Waals surface area contributed by atoms with Gasteiger partial charge in [0, 0.05) is 32.5 Å². The lowest BCUT2D eigenvalue weighted by Crippen LogP contribution is -2.37. The van der Waals surface area contributed by atoms with Gasteiger partial charge in [-0.2, -0.15) is 0 Å². The summed E-state index contributed by atoms with van der Waals surface area (Å²) in [5.74, 6) is 0.410. The van der Waals surface area contributed by atoms with Crippen molar-refractivity contribution in [1.29, 1.82) is 0 Å². The average molecular weight is 355 g/mol. The molecule has 1 saturated carbocycles. The van der Waals surface area contributed by atoms with Gasteiger partial charge in [-0.1, -0.05) is 19.3 Å². The van der Waals surface area contributed by atoms with Crippen molar-refractivity contribution in [2.24, 2.45) is 5.92 Å². The van der Waals surface area contributed by atoms with Gasteiger partial charge in [-0.15, -0.1) is 0 Å². The Bertz CT molecular complexity index is 440. The van der Waals surface area contributed by atoms with E-state index in [-0.39, 0.29) is 24.8 Å². The van der Waals surface area contributed by atoms with Gasteiger partial charge in [0.05, 0.1) is 0 Å². The molecular formula is C18H33N3O4. The van der Waals surface area contributed by atoms with E-state index in [9.17, 15) is 14.4 Å². The number of carbonyl (C=O) groups is 3. The van der Waals surface area contributed by atoms with Crippen LogP contribution in [0.25, 0.3) is 0 Å². The van der Waals surface area contributed by atoms with Crippen molar-refractivity contribution in [2.75, 3.05) is 19.6 Å². The van der Waals surface area contributed by atoms with Crippen molar-refractivity contribution in [1.82, 2.24) is 16.0 Å². The van der Waals surface area contributed by atoms with Crippen LogP contribution in [-0.4, -0.2) is 43.1 Å². The number of nitrogens with one attached hydrogen (secondary N) is 3. The fourth-order valence-electron chi connectivity index (χ4n) is 2.81. The molecule has 25 heavy (non-hydrogen) atoms. The Morgan fingerprint density at radius 1 is 0.880 bits per heavy atom. The van der Waals surface area contributed by atoms with E-state index in [4.69, 9.17) is 4.74 Å². The number of rotatable bonds is 8. The molecule has 0 saturated heterocycles. The zero-order chi connectivity index (χ0) is 18.7. The van der Waals surface area contributed by atoms with E-state index in [1.54, 1.807) is 20.8 Å². The quantitative estimate of drug-likeness (QED) is 0.581.